The predicted octanol–water partition coefficient (Wildman–Crippen LogP) is 1.98. The SMILES string of the molecule is CCCOc1cncc(CNCC)c1. The Kier molecular flexibility index (Phi) is 5.00. The van der Waals surface area contributed by atoms with Gasteiger partial charge in [-0.25, -0.2) is 0 Å². The van der Waals surface area contributed by atoms with Crippen molar-refractivity contribution in [3.05, 3.63) is 24.0 Å². The van der Waals surface area contributed by atoms with Crippen LogP contribution in [0, 0.1) is 0 Å². The van der Waals surface area contributed by atoms with Gasteiger partial charge in [0, 0.05) is 12.7 Å². The van der Waals surface area contributed by atoms with Gasteiger partial charge in [-0.05, 0) is 24.6 Å². The molecule has 14 heavy (non-hydrogen) atoms. The average Bonchev–Trinajstić information content (AvgIpc) is 2.24. The van der Waals surface area contributed by atoms with Gasteiger partial charge >= 0.3 is 0 Å². The molecule has 0 amide bonds. The summed E-state index contributed by atoms with van der Waals surface area (Å²) < 4.78 is 5.49. The van der Waals surface area contributed by atoms with Gasteiger partial charge in [0.15, 0.2) is 0 Å². The van der Waals surface area contributed by atoms with Gasteiger partial charge in [0.05, 0.1) is 12.8 Å². The van der Waals surface area contributed by atoms with Crippen LogP contribution >= 0.6 is 0 Å². The summed E-state index contributed by atoms with van der Waals surface area (Å²) in [6.45, 7) is 6.76. The number of nitrogens with zero attached hydrogens (tertiary/aromatic N) is 1. The first-order valence-corrected chi connectivity index (χ1v) is 5.14. The first-order valence-electron chi connectivity index (χ1n) is 5.14. The van der Waals surface area contributed by atoms with Crippen LogP contribution in [0.2, 0.25) is 0 Å². The summed E-state index contributed by atoms with van der Waals surface area (Å²) in [5, 5.41) is 3.25. The molecule has 0 unspecified atom stereocenters. The first kappa shape index (κ1) is 11.0. The van der Waals surface area contributed by atoms with E-state index in [1.165, 1.54) is 5.56 Å². The van der Waals surface area contributed by atoms with Crippen LogP contribution in [-0.2, 0) is 6.54 Å². The molecule has 3 heteroatoms. The van der Waals surface area contributed by atoms with E-state index in [0.29, 0.717) is 0 Å². The maximum absolute atomic E-state index is 5.49. The summed E-state index contributed by atoms with van der Waals surface area (Å²) in [6.07, 6.45) is 4.64. The van der Waals surface area contributed by atoms with Crippen molar-refractivity contribution in [1.29, 1.82) is 0 Å². The van der Waals surface area contributed by atoms with E-state index < -0.39 is 0 Å². The Bertz CT molecular complexity index is 240. The molecule has 1 aromatic rings. The Balaban J connectivity index is 2.50. The fourth-order valence-electron chi connectivity index (χ4n) is 1.13. The molecule has 0 aliphatic heterocycles. The highest BCUT2D eigenvalue weighted by atomic mass is 16.5. The van der Waals surface area contributed by atoms with E-state index in [0.717, 1.165) is 31.9 Å². The van der Waals surface area contributed by atoms with Crippen LogP contribution in [0.3, 0.4) is 0 Å². The zero-order valence-corrected chi connectivity index (χ0v) is 8.92. The Morgan fingerprint density at radius 1 is 1.36 bits per heavy atom. The zero-order chi connectivity index (χ0) is 10.2. The van der Waals surface area contributed by atoms with E-state index in [9.17, 15) is 0 Å². The molecular formula is C11H18N2O. The van der Waals surface area contributed by atoms with Gasteiger partial charge in [0.25, 0.3) is 0 Å². The lowest BCUT2D eigenvalue weighted by atomic mass is 10.3. The Labute approximate surface area is 85.5 Å². The summed E-state index contributed by atoms with van der Waals surface area (Å²) in [7, 11) is 0. The Hall–Kier alpha value is -1.09. The number of hydrogen-bond acceptors (Lipinski definition) is 3. The molecule has 0 spiro atoms. The van der Waals surface area contributed by atoms with E-state index in [2.05, 4.69) is 24.1 Å². The van der Waals surface area contributed by atoms with Crippen LogP contribution in [0.4, 0.5) is 0 Å². The van der Waals surface area contributed by atoms with Crippen LogP contribution in [0.1, 0.15) is 25.8 Å². The molecule has 1 aromatic heterocycles. The Morgan fingerprint density at radius 2 is 2.21 bits per heavy atom. The van der Waals surface area contributed by atoms with Crippen molar-refractivity contribution in [3.63, 3.8) is 0 Å². The van der Waals surface area contributed by atoms with E-state index in [1.807, 2.05) is 12.3 Å². The van der Waals surface area contributed by atoms with E-state index in [-0.39, 0.29) is 0 Å². The lowest BCUT2D eigenvalue weighted by molar-refractivity contribution is 0.316. The van der Waals surface area contributed by atoms with Crippen LogP contribution in [0.15, 0.2) is 18.5 Å². The van der Waals surface area contributed by atoms with Crippen molar-refractivity contribution in [3.8, 4) is 5.75 Å². The molecule has 78 valence electrons. The van der Waals surface area contributed by atoms with Crippen molar-refractivity contribution < 1.29 is 4.74 Å². The monoisotopic (exact) mass is 194 g/mol. The molecule has 1 rings (SSSR count). The number of hydrogen-bond donors (Lipinski definition) is 1. The molecular weight excluding hydrogens is 176 g/mol. The quantitative estimate of drug-likeness (QED) is 0.752. The number of pyridine rings is 1. The third-order valence-electron chi connectivity index (χ3n) is 1.82. The molecule has 0 saturated heterocycles. The topological polar surface area (TPSA) is 34.1 Å². The van der Waals surface area contributed by atoms with Crippen molar-refractivity contribution in [1.82, 2.24) is 10.3 Å². The number of ether oxygens (including phenoxy) is 1. The third-order valence-corrected chi connectivity index (χ3v) is 1.82. The van der Waals surface area contributed by atoms with Gasteiger partial charge in [-0.3, -0.25) is 4.98 Å². The second-order valence-electron chi connectivity index (χ2n) is 3.16. The van der Waals surface area contributed by atoms with E-state index in [1.54, 1.807) is 6.20 Å². The fraction of sp³-hybridized carbons (Fsp3) is 0.545. The minimum Gasteiger partial charge on any atom is -0.492 e. The van der Waals surface area contributed by atoms with Crippen molar-refractivity contribution in [2.75, 3.05) is 13.2 Å². The van der Waals surface area contributed by atoms with Crippen LogP contribution in [0.25, 0.3) is 0 Å². The Morgan fingerprint density at radius 3 is 2.93 bits per heavy atom. The molecule has 0 aliphatic rings. The summed E-state index contributed by atoms with van der Waals surface area (Å²) >= 11 is 0. The molecule has 0 aliphatic carbocycles. The molecule has 0 aromatic carbocycles. The summed E-state index contributed by atoms with van der Waals surface area (Å²) in [4.78, 5) is 4.13. The van der Waals surface area contributed by atoms with E-state index >= 15 is 0 Å². The van der Waals surface area contributed by atoms with E-state index in [4.69, 9.17) is 4.74 Å². The smallest absolute Gasteiger partial charge is 0.137 e. The lowest BCUT2D eigenvalue weighted by Gasteiger charge is -2.06. The van der Waals surface area contributed by atoms with Crippen LogP contribution in [0.5, 0.6) is 5.75 Å². The maximum atomic E-state index is 5.49. The highest BCUT2D eigenvalue weighted by molar-refractivity contribution is 5.23. The van der Waals surface area contributed by atoms with Gasteiger partial charge in [-0.2, -0.15) is 0 Å². The second-order valence-corrected chi connectivity index (χ2v) is 3.16. The molecule has 0 atom stereocenters. The number of nitrogens with one attached hydrogen (secondary N) is 1. The van der Waals surface area contributed by atoms with Gasteiger partial charge in [0.2, 0.25) is 0 Å². The highest BCUT2D eigenvalue weighted by Gasteiger charge is 1.96. The molecule has 0 fully saturated rings. The molecule has 1 N–H and O–H groups in total. The van der Waals surface area contributed by atoms with Crippen LogP contribution < -0.4 is 10.1 Å². The predicted molar refractivity (Wildman–Crippen MR) is 57.4 cm³/mol. The van der Waals surface area contributed by atoms with Gasteiger partial charge < -0.3 is 10.1 Å². The molecule has 0 bridgehead atoms. The number of rotatable bonds is 6. The lowest BCUT2D eigenvalue weighted by Crippen LogP contribution is -2.11. The fourth-order valence-corrected chi connectivity index (χ4v) is 1.13. The van der Waals surface area contributed by atoms with Crippen molar-refractivity contribution in [2.24, 2.45) is 0 Å². The van der Waals surface area contributed by atoms with Gasteiger partial charge in [-0.15, -0.1) is 0 Å². The van der Waals surface area contributed by atoms with Crippen LogP contribution in [-0.4, -0.2) is 18.1 Å². The molecule has 0 radical (unpaired) electrons. The summed E-state index contributed by atoms with van der Waals surface area (Å²) in [6, 6.07) is 2.03. The average molecular weight is 194 g/mol. The standard InChI is InChI=1S/C11H18N2O/c1-3-5-14-11-6-10(7-12-4-2)8-13-9-11/h6,8-9,12H,3-5,7H2,1-2H3. The van der Waals surface area contributed by atoms with Gasteiger partial charge in [0.1, 0.15) is 5.75 Å². The van der Waals surface area contributed by atoms with Crippen molar-refractivity contribution >= 4 is 0 Å². The minimum atomic E-state index is 0.756. The normalized spacial score (nSPS) is 10.1. The largest absolute Gasteiger partial charge is 0.492 e. The minimum absolute atomic E-state index is 0.756. The third kappa shape index (κ3) is 3.75. The summed E-state index contributed by atoms with van der Waals surface area (Å²) in [5.74, 6) is 0.863. The number of aromatic nitrogens is 1. The molecule has 3 nitrogen and oxygen atoms in total. The molecule has 1 heterocycles. The zero-order valence-electron chi connectivity index (χ0n) is 8.92. The molecule has 0 saturated carbocycles. The summed E-state index contributed by atoms with van der Waals surface area (Å²) in [5.41, 5.74) is 1.17. The first-order chi connectivity index (χ1) is 6.86. The van der Waals surface area contributed by atoms with Gasteiger partial charge in [-0.1, -0.05) is 13.8 Å². The maximum Gasteiger partial charge on any atom is 0.137 e. The second kappa shape index (κ2) is 6.38. The van der Waals surface area contributed by atoms with Crippen molar-refractivity contribution in [2.45, 2.75) is 26.8 Å². The highest BCUT2D eigenvalue weighted by Crippen LogP contribution is 2.11.